The topological polar surface area (TPSA) is 106 Å². The van der Waals surface area contributed by atoms with E-state index in [9.17, 15) is 16.8 Å². The van der Waals surface area contributed by atoms with E-state index >= 15 is 0 Å². The van der Waals surface area contributed by atoms with Crippen LogP contribution in [-0.2, 0) is 26.5 Å². The van der Waals surface area contributed by atoms with E-state index in [1.807, 2.05) is 0 Å². The summed E-state index contributed by atoms with van der Waals surface area (Å²) in [4.78, 5) is -0.187. The molecule has 0 spiro atoms. The third kappa shape index (κ3) is 5.30. The second kappa shape index (κ2) is 7.79. The van der Waals surface area contributed by atoms with E-state index in [2.05, 4.69) is 4.72 Å². The van der Waals surface area contributed by atoms with Gasteiger partial charge in [-0.25, -0.2) is 26.7 Å². The molecule has 0 aliphatic heterocycles. The lowest BCUT2D eigenvalue weighted by Gasteiger charge is -2.10. The molecule has 0 atom stereocenters. The van der Waals surface area contributed by atoms with Gasteiger partial charge in [0.1, 0.15) is 4.90 Å². The molecule has 2 rings (SSSR count). The Morgan fingerprint density at radius 1 is 0.880 bits per heavy atom. The first kappa shape index (κ1) is 20.4. The Bertz CT molecular complexity index is 991. The van der Waals surface area contributed by atoms with Crippen molar-refractivity contribution in [2.45, 2.75) is 16.2 Å². The summed E-state index contributed by atoms with van der Waals surface area (Å²) in [5.41, 5.74) is 0.732. The van der Waals surface area contributed by atoms with Crippen LogP contribution in [0, 0.1) is 0 Å². The minimum Gasteiger partial charge on any atom is -0.225 e. The molecule has 0 bridgehead atoms. The maximum Gasteiger partial charge on any atom is 0.242 e. The molecule has 0 heterocycles. The number of primary sulfonamides is 1. The first-order valence-electron chi connectivity index (χ1n) is 6.76. The molecule has 0 saturated carbocycles. The standard InChI is InChI=1S/C14H13Cl3N2O4S2/c15-11-7-13(17)14(8-12(11)16)25(22,23)19-6-5-9-1-3-10(4-2-9)24(18,20)21/h1-4,7-8,19H,5-6H2,(H2,18,20,21). The van der Waals surface area contributed by atoms with Crippen LogP contribution in [0.1, 0.15) is 5.56 Å². The Morgan fingerprint density at radius 2 is 1.44 bits per heavy atom. The van der Waals surface area contributed by atoms with Crippen molar-refractivity contribution in [3.63, 3.8) is 0 Å². The first-order chi connectivity index (χ1) is 11.5. The minimum absolute atomic E-state index is 0.0144. The molecule has 136 valence electrons. The van der Waals surface area contributed by atoms with E-state index in [4.69, 9.17) is 39.9 Å². The van der Waals surface area contributed by atoms with Crippen molar-refractivity contribution in [1.29, 1.82) is 0 Å². The van der Waals surface area contributed by atoms with Gasteiger partial charge in [0.05, 0.1) is 20.0 Å². The van der Waals surface area contributed by atoms with Crippen LogP contribution in [0.2, 0.25) is 15.1 Å². The van der Waals surface area contributed by atoms with Gasteiger partial charge in [-0.05, 0) is 36.2 Å². The van der Waals surface area contributed by atoms with Gasteiger partial charge in [-0.3, -0.25) is 0 Å². The maximum absolute atomic E-state index is 12.3. The predicted octanol–water partition coefficient (Wildman–Crippen LogP) is 2.82. The van der Waals surface area contributed by atoms with Crippen molar-refractivity contribution in [1.82, 2.24) is 4.72 Å². The van der Waals surface area contributed by atoms with Gasteiger partial charge in [-0.2, -0.15) is 0 Å². The van der Waals surface area contributed by atoms with E-state index in [-0.39, 0.29) is 31.4 Å². The predicted molar refractivity (Wildman–Crippen MR) is 98.2 cm³/mol. The van der Waals surface area contributed by atoms with Crippen molar-refractivity contribution >= 4 is 54.8 Å². The van der Waals surface area contributed by atoms with Crippen LogP contribution in [0.5, 0.6) is 0 Å². The number of hydrogen-bond acceptors (Lipinski definition) is 4. The molecule has 0 fully saturated rings. The van der Waals surface area contributed by atoms with Crippen molar-refractivity contribution in [2.24, 2.45) is 5.14 Å². The molecule has 6 nitrogen and oxygen atoms in total. The largest absolute Gasteiger partial charge is 0.242 e. The van der Waals surface area contributed by atoms with Gasteiger partial charge in [0.15, 0.2) is 0 Å². The van der Waals surface area contributed by atoms with Gasteiger partial charge in [-0.1, -0.05) is 46.9 Å². The molecule has 0 aliphatic carbocycles. The Morgan fingerprint density at radius 3 is 2.00 bits per heavy atom. The van der Waals surface area contributed by atoms with Crippen LogP contribution >= 0.6 is 34.8 Å². The van der Waals surface area contributed by atoms with Gasteiger partial charge in [-0.15, -0.1) is 0 Å². The monoisotopic (exact) mass is 442 g/mol. The van der Waals surface area contributed by atoms with E-state index in [1.54, 1.807) is 12.1 Å². The highest BCUT2D eigenvalue weighted by Gasteiger charge is 2.19. The summed E-state index contributed by atoms with van der Waals surface area (Å²) >= 11 is 17.5. The third-order valence-electron chi connectivity index (χ3n) is 3.22. The Labute approximate surface area is 161 Å². The molecule has 11 heteroatoms. The molecule has 25 heavy (non-hydrogen) atoms. The molecule has 0 aliphatic rings. The van der Waals surface area contributed by atoms with Crippen molar-refractivity contribution in [3.05, 3.63) is 57.0 Å². The van der Waals surface area contributed by atoms with Gasteiger partial charge < -0.3 is 0 Å². The highest BCUT2D eigenvalue weighted by atomic mass is 35.5. The zero-order chi connectivity index (χ0) is 18.8. The fourth-order valence-corrected chi connectivity index (χ4v) is 4.51. The lowest BCUT2D eigenvalue weighted by atomic mass is 10.2. The fraction of sp³-hybridized carbons (Fsp3) is 0.143. The van der Waals surface area contributed by atoms with Crippen LogP contribution in [0.3, 0.4) is 0 Å². The van der Waals surface area contributed by atoms with Crippen LogP contribution in [-0.4, -0.2) is 23.4 Å². The molecule has 2 aromatic rings. The summed E-state index contributed by atoms with van der Waals surface area (Å²) in [5.74, 6) is 0. The molecule has 0 saturated heterocycles. The van der Waals surface area contributed by atoms with Crippen LogP contribution < -0.4 is 9.86 Å². The molecule has 0 aromatic heterocycles. The molecule has 0 unspecified atom stereocenters. The quantitative estimate of drug-likeness (QED) is 0.669. The van der Waals surface area contributed by atoms with E-state index in [0.717, 1.165) is 5.56 Å². The second-order valence-corrected chi connectivity index (χ2v) is 9.55. The van der Waals surface area contributed by atoms with Crippen LogP contribution in [0.25, 0.3) is 0 Å². The smallest absolute Gasteiger partial charge is 0.225 e. The highest BCUT2D eigenvalue weighted by molar-refractivity contribution is 7.89. The summed E-state index contributed by atoms with van der Waals surface area (Å²) in [6.45, 7) is 0.0770. The van der Waals surface area contributed by atoms with Crippen LogP contribution in [0.4, 0.5) is 0 Å². The van der Waals surface area contributed by atoms with Crippen molar-refractivity contribution in [2.75, 3.05) is 6.54 Å². The number of rotatable bonds is 6. The zero-order valence-electron chi connectivity index (χ0n) is 12.5. The van der Waals surface area contributed by atoms with Gasteiger partial charge in [0, 0.05) is 6.54 Å². The van der Waals surface area contributed by atoms with E-state index in [0.29, 0.717) is 6.42 Å². The summed E-state index contributed by atoms with van der Waals surface area (Å²) in [6.07, 6.45) is 0.336. The Hall–Kier alpha value is -0.870. The lowest BCUT2D eigenvalue weighted by molar-refractivity contribution is 0.581. The Kier molecular flexibility index (Phi) is 6.37. The van der Waals surface area contributed by atoms with Crippen molar-refractivity contribution < 1.29 is 16.8 Å². The molecule has 0 amide bonds. The van der Waals surface area contributed by atoms with Crippen LogP contribution in [0.15, 0.2) is 46.2 Å². The molecular formula is C14H13Cl3N2O4S2. The number of hydrogen-bond donors (Lipinski definition) is 2. The second-order valence-electron chi connectivity index (χ2n) is 5.03. The SMILES string of the molecule is NS(=O)(=O)c1ccc(CCNS(=O)(=O)c2cc(Cl)c(Cl)cc2Cl)cc1. The number of sulfonamides is 2. The number of nitrogens with two attached hydrogens (primary N) is 1. The van der Waals surface area contributed by atoms with E-state index in [1.165, 1.54) is 24.3 Å². The number of benzene rings is 2. The van der Waals surface area contributed by atoms with Gasteiger partial charge in [0.25, 0.3) is 0 Å². The average molecular weight is 444 g/mol. The normalized spacial score (nSPS) is 12.3. The fourth-order valence-electron chi connectivity index (χ4n) is 1.96. The summed E-state index contributed by atoms with van der Waals surface area (Å²) in [6, 6.07) is 8.26. The highest BCUT2D eigenvalue weighted by Crippen LogP contribution is 2.31. The number of nitrogens with one attached hydrogen (secondary N) is 1. The zero-order valence-corrected chi connectivity index (χ0v) is 16.4. The van der Waals surface area contributed by atoms with E-state index < -0.39 is 20.0 Å². The average Bonchev–Trinajstić information content (AvgIpc) is 2.50. The maximum atomic E-state index is 12.3. The van der Waals surface area contributed by atoms with Gasteiger partial charge in [0.2, 0.25) is 20.0 Å². The number of halogens is 3. The molecule has 3 N–H and O–H groups in total. The molecule has 0 radical (unpaired) electrons. The molecular weight excluding hydrogens is 431 g/mol. The summed E-state index contributed by atoms with van der Waals surface area (Å²) in [5, 5.41) is 5.20. The summed E-state index contributed by atoms with van der Waals surface area (Å²) < 4.78 is 49.4. The first-order valence-corrected chi connectivity index (χ1v) is 10.9. The third-order valence-corrected chi connectivity index (χ3v) is 6.80. The van der Waals surface area contributed by atoms with Crippen molar-refractivity contribution in [3.8, 4) is 0 Å². The molecule has 2 aromatic carbocycles. The van der Waals surface area contributed by atoms with Gasteiger partial charge >= 0.3 is 0 Å². The Balaban J connectivity index is 2.07. The minimum atomic E-state index is -3.87. The summed E-state index contributed by atoms with van der Waals surface area (Å²) in [7, 11) is -7.63. The lowest BCUT2D eigenvalue weighted by Crippen LogP contribution is -2.26.